The summed E-state index contributed by atoms with van der Waals surface area (Å²) in [6, 6.07) is 3.13. The number of rotatable bonds is 7. The van der Waals surface area contributed by atoms with Gasteiger partial charge < -0.3 is 25.7 Å². The smallest absolute Gasteiger partial charge is 0.258 e. The summed E-state index contributed by atoms with van der Waals surface area (Å²) in [5.74, 6) is -1.85. The Labute approximate surface area is 219 Å². The van der Waals surface area contributed by atoms with E-state index in [4.69, 9.17) is 0 Å². The zero-order valence-corrected chi connectivity index (χ0v) is 22.2. The number of aliphatic hydroxyl groups is 1. The number of aromatic nitrogens is 1. The summed E-state index contributed by atoms with van der Waals surface area (Å²) >= 11 is 1.47. The molecule has 1 aliphatic carbocycles. The standard InChI is InChI=1S/C26H33FN4O5S/c1-14-20(37-13-29-14)15-5-6-16(19(33)9-15)11-28-22(34)18-10-17(32)12-31(18)23(35)21(25(2,3)4)30-24(36)26(27)7-8-26/h5-6,9,13,17-18,21,32-33H,7-8,10-12H2,1-4H3,(H,28,34)(H,30,36)/t17-,18+,21-/m1/s1. The molecule has 1 saturated heterocycles. The molecule has 1 aromatic carbocycles. The quantitative estimate of drug-likeness (QED) is 0.433. The van der Waals surface area contributed by atoms with Crippen LogP contribution in [0.5, 0.6) is 5.75 Å². The summed E-state index contributed by atoms with van der Waals surface area (Å²) in [5.41, 5.74) is 1.21. The number of likely N-dealkylation sites (tertiary alicyclic amines) is 1. The predicted molar refractivity (Wildman–Crippen MR) is 136 cm³/mol. The number of amides is 3. The van der Waals surface area contributed by atoms with E-state index in [9.17, 15) is 29.0 Å². The number of carbonyl (C=O) groups excluding carboxylic acids is 3. The molecule has 37 heavy (non-hydrogen) atoms. The lowest BCUT2D eigenvalue weighted by atomic mass is 9.85. The molecule has 2 aliphatic rings. The number of nitrogens with zero attached hydrogens (tertiary/aromatic N) is 2. The number of phenolic OH excluding ortho intramolecular Hbond substituents is 1. The normalized spacial score (nSPS) is 21.4. The van der Waals surface area contributed by atoms with Gasteiger partial charge in [-0.25, -0.2) is 9.37 Å². The molecule has 1 saturated carbocycles. The third-order valence-corrected chi connectivity index (χ3v) is 7.87. The molecule has 200 valence electrons. The van der Waals surface area contributed by atoms with Crippen LogP contribution in [0.4, 0.5) is 4.39 Å². The number of phenols is 1. The van der Waals surface area contributed by atoms with E-state index in [1.165, 1.54) is 16.2 Å². The van der Waals surface area contributed by atoms with Gasteiger partial charge in [-0.05, 0) is 36.8 Å². The molecule has 11 heteroatoms. The number of aromatic hydroxyl groups is 1. The number of carbonyl (C=O) groups is 3. The molecular formula is C26H33FN4O5S. The zero-order chi connectivity index (χ0) is 27.1. The fourth-order valence-corrected chi connectivity index (χ4v) is 5.25. The second-order valence-electron chi connectivity index (χ2n) is 11.0. The van der Waals surface area contributed by atoms with Crippen LogP contribution in [0.2, 0.25) is 0 Å². The number of hydrogen-bond donors (Lipinski definition) is 4. The van der Waals surface area contributed by atoms with Gasteiger partial charge in [0, 0.05) is 25.1 Å². The van der Waals surface area contributed by atoms with Gasteiger partial charge in [-0.3, -0.25) is 14.4 Å². The van der Waals surface area contributed by atoms with Crippen molar-refractivity contribution in [1.82, 2.24) is 20.5 Å². The van der Waals surface area contributed by atoms with Crippen molar-refractivity contribution in [3.8, 4) is 16.2 Å². The second-order valence-corrected chi connectivity index (χ2v) is 11.8. The van der Waals surface area contributed by atoms with Crippen molar-refractivity contribution in [1.29, 1.82) is 0 Å². The van der Waals surface area contributed by atoms with Gasteiger partial charge in [0.15, 0.2) is 5.67 Å². The summed E-state index contributed by atoms with van der Waals surface area (Å²) in [7, 11) is 0. The van der Waals surface area contributed by atoms with Crippen molar-refractivity contribution in [2.24, 2.45) is 5.41 Å². The van der Waals surface area contributed by atoms with E-state index >= 15 is 0 Å². The van der Waals surface area contributed by atoms with E-state index in [1.807, 2.05) is 13.0 Å². The molecule has 3 amide bonds. The maximum absolute atomic E-state index is 14.3. The van der Waals surface area contributed by atoms with Crippen LogP contribution in [0.3, 0.4) is 0 Å². The molecule has 0 bridgehead atoms. The maximum Gasteiger partial charge on any atom is 0.258 e. The first-order valence-corrected chi connectivity index (χ1v) is 13.2. The number of nitrogens with one attached hydrogen (secondary N) is 2. The summed E-state index contributed by atoms with van der Waals surface area (Å²) in [6.45, 7) is 7.07. The molecule has 4 N–H and O–H groups in total. The molecule has 3 atom stereocenters. The highest BCUT2D eigenvalue weighted by Crippen LogP contribution is 2.40. The molecule has 0 unspecified atom stereocenters. The largest absolute Gasteiger partial charge is 0.508 e. The minimum Gasteiger partial charge on any atom is -0.508 e. The van der Waals surface area contributed by atoms with Gasteiger partial charge in [-0.1, -0.05) is 32.9 Å². The van der Waals surface area contributed by atoms with Crippen LogP contribution in [0, 0.1) is 12.3 Å². The van der Waals surface area contributed by atoms with Crippen LogP contribution in [0.15, 0.2) is 23.7 Å². The molecule has 2 heterocycles. The fraction of sp³-hybridized carbons (Fsp3) is 0.538. The van der Waals surface area contributed by atoms with Crippen LogP contribution in [0.1, 0.15) is 51.3 Å². The van der Waals surface area contributed by atoms with Crippen LogP contribution >= 0.6 is 11.3 Å². The molecular weight excluding hydrogens is 499 g/mol. The summed E-state index contributed by atoms with van der Waals surface area (Å²) in [5, 5.41) is 26.1. The van der Waals surface area contributed by atoms with E-state index < -0.39 is 47.0 Å². The first-order chi connectivity index (χ1) is 17.3. The third-order valence-electron chi connectivity index (χ3n) is 6.90. The summed E-state index contributed by atoms with van der Waals surface area (Å²) < 4.78 is 14.3. The van der Waals surface area contributed by atoms with Crippen LogP contribution in [-0.4, -0.2) is 68.2 Å². The van der Waals surface area contributed by atoms with E-state index in [1.54, 1.807) is 38.4 Å². The Bertz CT molecular complexity index is 1210. The lowest BCUT2D eigenvalue weighted by molar-refractivity contribution is -0.145. The fourth-order valence-electron chi connectivity index (χ4n) is 4.45. The highest BCUT2D eigenvalue weighted by Gasteiger charge is 2.53. The average molecular weight is 533 g/mol. The summed E-state index contributed by atoms with van der Waals surface area (Å²) in [4.78, 5) is 45.4. The van der Waals surface area contributed by atoms with Crippen LogP contribution in [0.25, 0.3) is 10.4 Å². The van der Waals surface area contributed by atoms with Gasteiger partial charge in [0.25, 0.3) is 5.91 Å². The highest BCUT2D eigenvalue weighted by molar-refractivity contribution is 7.13. The molecule has 0 spiro atoms. The zero-order valence-electron chi connectivity index (χ0n) is 21.4. The predicted octanol–water partition coefficient (Wildman–Crippen LogP) is 2.44. The Kier molecular flexibility index (Phi) is 7.31. The number of halogens is 1. The lowest BCUT2D eigenvalue weighted by Crippen LogP contribution is -2.59. The van der Waals surface area contributed by atoms with Crippen LogP contribution < -0.4 is 10.6 Å². The van der Waals surface area contributed by atoms with E-state index in [0.29, 0.717) is 5.56 Å². The number of thiazole rings is 1. The molecule has 2 fully saturated rings. The number of benzene rings is 1. The Balaban J connectivity index is 1.45. The Hall–Kier alpha value is -3.05. The first-order valence-electron chi connectivity index (χ1n) is 12.3. The van der Waals surface area contributed by atoms with Crippen molar-refractivity contribution >= 4 is 29.1 Å². The number of alkyl halides is 1. The van der Waals surface area contributed by atoms with Gasteiger partial charge in [-0.2, -0.15) is 0 Å². The van der Waals surface area contributed by atoms with Crippen molar-refractivity contribution < 1.29 is 29.0 Å². The SMILES string of the molecule is Cc1ncsc1-c1ccc(CNC(=O)[C@@H]2C[C@@H](O)CN2C(=O)[C@@H](NC(=O)C2(F)CC2)C(C)(C)C)c(O)c1. The van der Waals surface area contributed by atoms with Crippen molar-refractivity contribution in [2.75, 3.05) is 6.54 Å². The highest BCUT2D eigenvalue weighted by atomic mass is 32.1. The van der Waals surface area contributed by atoms with Crippen molar-refractivity contribution in [2.45, 2.75) is 77.4 Å². The minimum absolute atomic E-state index is 0.0146. The van der Waals surface area contributed by atoms with E-state index in [-0.39, 0.29) is 38.1 Å². The minimum atomic E-state index is -1.94. The molecule has 9 nitrogen and oxygen atoms in total. The van der Waals surface area contributed by atoms with Gasteiger partial charge in [0.05, 0.1) is 22.2 Å². The molecule has 4 rings (SSSR count). The number of hydrogen-bond acceptors (Lipinski definition) is 7. The number of aliphatic hydroxyl groups excluding tert-OH is 1. The lowest BCUT2D eigenvalue weighted by Gasteiger charge is -2.35. The van der Waals surface area contributed by atoms with Crippen molar-refractivity contribution in [3.63, 3.8) is 0 Å². The average Bonchev–Trinajstić information content (AvgIpc) is 3.23. The Morgan fingerprint density at radius 2 is 2.00 bits per heavy atom. The molecule has 1 aromatic heterocycles. The van der Waals surface area contributed by atoms with Gasteiger partial charge in [0.1, 0.15) is 17.8 Å². The molecule has 2 aromatic rings. The van der Waals surface area contributed by atoms with Crippen molar-refractivity contribution in [3.05, 3.63) is 35.0 Å². The number of β-amino-alcohol motifs (C(OH)–C–C–N with tert-alkyl or cyclic N) is 1. The molecule has 0 radical (unpaired) electrons. The second kappa shape index (κ2) is 10.0. The number of aryl methyl sites for hydroxylation is 1. The molecule has 1 aliphatic heterocycles. The third kappa shape index (κ3) is 5.77. The van der Waals surface area contributed by atoms with Crippen LogP contribution in [-0.2, 0) is 20.9 Å². The first kappa shape index (κ1) is 27.0. The van der Waals surface area contributed by atoms with E-state index in [2.05, 4.69) is 15.6 Å². The van der Waals surface area contributed by atoms with Gasteiger partial charge in [-0.15, -0.1) is 11.3 Å². The maximum atomic E-state index is 14.3. The van der Waals surface area contributed by atoms with Gasteiger partial charge >= 0.3 is 0 Å². The summed E-state index contributed by atoms with van der Waals surface area (Å²) in [6.07, 6.45) is -0.642. The van der Waals surface area contributed by atoms with Gasteiger partial charge in [0.2, 0.25) is 11.8 Å². The Morgan fingerprint density at radius 1 is 1.30 bits per heavy atom. The monoisotopic (exact) mass is 532 g/mol. The topological polar surface area (TPSA) is 132 Å². The van der Waals surface area contributed by atoms with E-state index in [0.717, 1.165) is 16.1 Å². The Morgan fingerprint density at radius 3 is 2.57 bits per heavy atom.